The van der Waals surface area contributed by atoms with Crippen LogP contribution in [0.15, 0.2) is 78.9 Å². The predicted molar refractivity (Wildman–Crippen MR) is 116 cm³/mol. The van der Waals surface area contributed by atoms with Crippen molar-refractivity contribution >= 4 is 14.5 Å². The van der Waals surface area contributed by atoms with Crippen molar-refractivity contribution in [3.8, 4) is 5.75 Å². The summed E-state index contributed by atoms with van der Waals surface area (Å²) in [6.45, 7) is 5.74. The number of ether oxygens (including phenoxy) is 2. The molecule has 29 heavy (non-hydrogen) atoms. The van der Waals surface area contributed by atoms with Gasteiger partial charge in [0.2, 0.25) is 0 Å². The summed E-state index contributed by atoms with van der Waals surface area (Å²) in [6, 6.07) is 26.4. The van der Waals surface area contributed by atoms with E-state index in [1.165, 1.54) is 0 Å². The van der Waals surface area contributed by atoms with E-state index in [0.29, 0.717) is 19.8 Å². The largest absolute Gasteiger partial charge is 0.453 e. The van der Waals surface area contributed by atoms with Gasteiger partial charge >= 0.3 is 9.28 Å². The number of hydrogen-bond acceptors (Lipinski definition) is 4. The van der Waals surface area contributed by atoms with Crippen molar-refractivity contribution in [3.05, 3.63) is 95.6 Å². The van der Waals surface area contributed by atoms with Crippen LogP contribution in [-0.4, -0.2) is 22.5 Å². The Morgan fingerprint density at radius 2 is 1.41 bits per heavy atom. The minimum Gasteiger partial charge on any atom is -0.453 e. The lowest BCUT2D eigenvalue weighted by atomic mass is 9.95. The highest BCUT2D eigenvalue weighted by Gasteiger charge is 2.41. The predicted octanol–water partition coefficient (Wildman–Crippen LogP) is 4.00. The van der Waals surface area contributed by atoms with Crippen LogP contribution in [-0.2, 0) is 26.0 Å². The van der Waals surface area contributed by atoms with Gasteiger partial charge < -0.3 is 18.3 Å². The van der Waals surface area contributed by atoms with Crippen LogP contribution in [0.25, 0.3) is 0 Å². The zero-order valence-electron chi connectivity index (χ0n) is 16.8. The molecule has 4 rings (SSSR count). The van der Waals surface area contributed by atoms with E-state index in [4.69, 9.17) is 18.3 Å². The Labute approximate surface area is 173 Å². The second-order valence-electron chi connectivity index (χ2n) is 6.85. The lowest BCUT2D eigenvalue weighted by Crippen LogP contribution is -2.42. The Morgan fingerprint density at radius 3 is 1.97 bits per heavy atom. The molecule has 0 amide bonds. The van der Waals surface area contributed by atoms with E-state index in [-0.39, 0.29) is 0 Å². The van der Waals surface area contributed by atoms with E-state index in [1.54, 1.807) is 0 Å². The SMILES string of the molecule is CCO[SiH](OCC)c1ccc2c(c1)COC(c1ccccc1)(c1ccccc1)O2. The van der Waals surface area contributed by atoms with Crippen molar-refractivity contribution in [2.75, 3.05) is 13.2 Å². The van der Waals surface area contributed by atoms with Gasteiger partial charge in [-0.3, -0.25) is 0 Å². The Morgan fingerprint density at radius 1 is 0.828 bits per heavy atom. The standard InChI is InChI=1S/C24H26O4Si/c1-3-26-29(27-4-2)22-15-16-23-19(17-22)18-25-24(28-23,20-11-7-5-8-12-20)21-13-9-6-10-14-21/h5-17,29H,3-4,18H2,1-2H3. The average Bonchev–Trinajstić information content (AvgIpc) is 2.79. The number of fused-ring (bicyclic) bond motifs is 1. The van der Waals surface area contributed by atoms with Crippen molar-refractivity contribution in [3.63, 3.8) is 0 Å². The molecule has 0 spiro atoms. The van der Waals surface area contributed by atoms with Gasteiger partial charge in [0.25, 0.3) is 5.79 Å². The molecule has 0 radical (unpaired) electrons. The summed E-state index contributed by atoms with van der Waals surface area (Å²) in [7, 11) is -1.90. The third-order valence-corrected chi connectivity index (χ3v) is 7.16. The molecule has 3 aromatic carbocycles. The van der Waals surface area contributed by atoms with Crippen LogP contribution in [0.4, 0.5) is 0 Å². The normalized spacial score (nSPS) is 15.0. The van der Waals surface area contributed by atoms with Gasteiger partial charge in [-0.25, -0.2) is 0 Å². The van der Waals surface area contributed by atoms with Gasteiger partial charge in [-0.15, -0.1) is 0 Å². The summed E-state index contributed by atoms with van der Waals surface area (Å²) >= 11 is 0. The summed E-state index contributed by atoms with van der Waals surface area (Å²) in [4.78, 5) is 0. The van der Waals surface area contributed by atoms with Gasteiger partial charge in [0.05, 0.1) is 6.61 Å². The fourth-order valence-corrected chi connectivity index (χ4v) is 5.31. The Hall–Kier alpha value is -2.44. The molecule has 1 heterocycles. The summed E-state index contributed by atoms with van der Waals surface area (Å²) in [5.41, 5.74) is 2.95. The molecule has 150 valence electrons. The minimum absolute atomic E-state index is 0.451. The van der Waals surface area contributed by atoms with E-state index < -0.39 is 15.1 Å². The third kappa shape index (κ3) is 4.00. The molecule has 0 atom stereocenters. The monoisotopic (exact) mass is 406 g/mol. The maximum absolute atomic E-state index is 6.56. The van der Waals surface area contributed by atoms with Crippen LogP contribution in [0.1, 0.15) is 30.5 Å². The molecule has 0 saturated heterocycles. The molecule has 3 aromatic rings. The van der Waals surface area contributed by atoms with Crippen molar-refractivity contribution in [2.24, 2.45) is 0 Å². The van der Waals surface area contributed by atoms with Crippen molar-refractivity contribution in [1.82, 2.24) is 0 Å². The van der Waals surface area contributed by atoms with Crippen molar-refractivity contribution < 1.29 is 18.3 Å². The molecular formula is C24H26O4Si. The number of hydrogen-bond donors (Lipinski definition) is 0. The summed E-state index contributed by atoms with van der Waals surface area (Å²) < 4.78 is 24.7. The Kier molecular flexibility index (Phi) is 6.11. The molecule has 0 bridgehead atoms. The van der Waals surface area contributed by atoms with Crippen LogP contribution in [0.3, 0.4) is 0 Å². The van der Waals surface area contributed by atoms with Crippen LogP contribution in [0.5, 0.6) is 5.75 Å². The zero-order chi connectivity index (χ0) is 20.1. The highest BCUT2D eigenvalue weighted by molar-refractivity contribution is 6.61. The molecule has 0 unspecified atom stereocenters. The van der Waals surface area contributed by atoms with Gasteiger partial charge in [0.15, 0.2) is 0 Å². The lowest BCUT2D eigenvalue weighted by molar-refractivity contribution is -0.184. The van der Waals surface area contributed by atoms with Gasteiger partial charge in [-0.1, -0.05) is 66.7 Å². The first-order chi connectivity index (χ1) is 14.3. The first-order valence-electron chi connectivity index (χ1n) is 10.1. The molecule has 0 saturated carbocycles. The van der Waals surface area contributed by atoms with Crippen LogP contribution in [0, 0.1) is 0 Å². The molecule has 0 N–H and O–H groups in total. The van der Waals surface area contributed by atoms with E-state index >= 15 is 0 Å². The topological polar surface area (TPSA) is 36.9 Å². The molecule has 0 aromatic heterocycles. The Bertz CT molecular complexity index is 885. The number of rotatable bonds is 7. The second kappa shape index (κ2) is 8.92. The molecule has 5 heteroatoms. The highest BCUT2D eigenvalue weighted by atomic mass is 28.3. The quantitative estimate of drug-likeness (QED) is 0.556. The van der Waals surface area contributed by atoms with E-state index in [9.17, 15) is 0 Å². The van der Waals surface area contributed by atoms with Gasteiger partial charge in [-0.05, 0) is 31.2 Å². The van der Waals surface area contributed by atoms with E-state index in [0.717, 1.165) is 27.6 Å². The summed E-state index contributed by atoms with van der Waals surface area (Å²) in [5, 5.41) is 1.10. The fourth-order valence-electron chi connectivity index (χ4n) is 3.63. The molecule has 1 aliphatic heterocycles. The molecule has 0 aliphatic carbocycles. The summed E-state index contributed by atoms with van der Waals surface area (Å²) in [6.07, 6.45) is 0. The van der Waals surface area contributed by atoms with Gasteiger partial charge in [0.1, 0.15) is 5.75 Å². The van der Waals surface area contributed by atoms with Crippen LogP contribution >= 0.6 is 0 Å². The first kappa shape index (κ1) is 19.9. The smallest absolute Gasteiger partial charge is 0.355 e. The van der Waals surface area contributed by atoms with E-state index in [1.807, 2.05) is 80.6 Å². The van der Waals surface area contributed by atoms with Crippen LogP contribution < -0.4 is 9.92 Å². The Balaban J connectivity index is 1.72. The lowest BCUT2D eigenvalue weighted by Gasteiger charge is -2.39. The highest BCUT2D eigenvalue weighted by Crippen LogP contribution is 2.41. The van der Waals surface area contributed by atoms with Gasteiger partial charge in [0, 0.05) is 29.9 Å². The van der Waals surface area contributed by atoms with Crippen LogP contribution in [0.2, 0.25) is 0 Å². The molecular weight excluding hydrogens is 380 g/mol. The fraction of sp³-hybridized carbons (Fsp3) is 0.250. The molecule has 4 nitrogen and oxygen atoms in total. The molecule has 0 fully saturated rings. The minimum atomic E-state index is -1.90. The second-order valence-corrected chi connectivity index (χ2v) is 8.85. The van der Waals surface area contributed by atoms with Gasteiger partial charge in [-0.2, -0.15) is 0 Å². The average molecular weight is 407 g/mol. The molecule has 1 aliphatic rings. The van der Waals surface area contributed by atoms with E-state index in [2.05, 4.69) is 12.1 Å². The number of benzene rings is 3. The van der Waals surface area contributed by atoms with Crippen molar-refractivity contribution in [2.45, 2.75) is 26.2 Å². The summed E-state index contributed by atoms with van der Waals surface area (Å²) in [5.74, 6) is -0.137. The maximum Gasteiger partial charge on any atom is 0.355 e. The third-order valence-electron chi connectivity index (χ3n) is 4.99. The maximum atomic E-state index is 6.56. The first-order valence-corrected chi connectivity index (χ1v) is 11.6. The zero-order valence-corrected chi connectivity index (χ0v) is 18.0. The van der Waals surface area contributed by atoms with Crippen molar-refractivity contribution in [1.29, 1.82) is 0 Å².